The number of hydrogen-bond acceptors (Lipinski definition) is 7. The average molecular weight is 474 g/mol. The van der Waals surface area contributed by atoms with E-state index in [1.807, 2.05) is 18.2 Å². The van der Waals surface area contributed by atoms with Crippen LogP contribution in [-0.2, 0) is 9.63 Å². The molecule has 34 heavy (non-hydrogen) atoms. The Morgan fingerprint density at radius 2 is 1.32 bits per heavy atom. The predicted molar refractivity (Wildman–Crippen MR) is 136 cm³/mol. The van der Waals surface area contributed by atoms with Gasteiger partial charge >= 0.3 is 5.97 Å². The van der Waals surface area contributed by atoms with Crippen molar-refractivity contribution in [3.63, 3.8) is 0 Å². The van der Waals surface area contributed by atoms with Crippen molar-refractivity contribution in [2.75, 3.05) is 28.4 Å². The quantitative estimate of drug-likeness (QED) is 0.124. The Kier molecular flexibility index (Phi) is 11.5. The number of benzene rings is 2. The molecule has 0 heterocycles. The molecule has 0 aliphatic carbocycles. The monoisotopic (exact) mass is 473 g/mol. The largest absolute Gasteiger partial charge is 0.496 e. The van der Waals surface area contributed by atoms with Gasteiger partial charge in [-0.05, 0) is 31.0 Å². The van der Waals surface area contributed by atoms with E-state index >= 15 is 0 Å². The van der Waals surface area contributed by atoms with E-state index < -0.39 is 5.97 Å². The molecule has 0 N–H and O–H groups in total. The molecule has 0 amide bonds. The number of carbonyl (C=O) groups is 1. The lowest BCUT2D eigenvalue weighted by Gasteiger charge is -2.19. The number of hydrogen-bond donors (Lipinski definition) is 0. The number of fused-ring (bicyclic) bond motifs is 1. The van der Waals surface area contributed by atoms with Gasteiger partial charge in [-0.3, -0.25) is 0 Å². The van der Waals surface area contributed by atoms with E-state index in [1.165, 1.54) is 45.4 Å². The van der Waals surface area contributed by atoms with Crippen molar-refractivity contribution in [1.82, 2.24) is 0 Å². The number of nitrogens with zero attached hydrogens (tertiary/aromatic N) is 1. The van der Waals surface area contributed by atoms with Crippen LogP contribution in [0, 0.1) is 0 Å². The molecule has 0 aliphatic rings. The van der Waals surface area contributed by atoms with Crippen molar-refractivity contribution in [2.45, 2.75) is 71.6 Å². The fourth-order valence-electron chi connectivity index (χ4n) is 4.14. The summed E-state index contributed by atoms with van der Waals surface area (Å²) in [7, 11) is 6.42. The van der Waals surface area contributed by atoms with Crippen LogP contribution in [0.15, 0.2) is 23.4 Å². The van der Waals surface area contributed by atoms with Crippen LogP contribution in [0.4, 0.5) is 0 Å². The molecule has 0 spiro atoms. The van der Waals surface area contributed by atoms with Crippen molar-refractivity contribution in [2.24, 2.45) is 5.16 Å². The molecule has 188 valence electrons. The SMILES string of the molecule is CCCCCCCCCCC(=NOC(C)=O)c1cc(OC)c2c(OC)ccc(OC)c2c1OC. The zero-order valence-corrected chi connectivity index (χ0v) is 21.5. The Bertz CT molecular complexity index is 969. The zero-order valence-electron chi connectivity index (χ0n) is 21.5. The topological polar surface area (TPSA) is 75.6 Å². The van der Waals surface area contributed by atoms with E-state index in [4.69, 9.17) is 23.8 Å². The smallest absolute Gasteiger partial charge is 0.331 e. The Morgan fingerprint density at radius 3 is 1.85 bits per heavy atom. The zero-order chi connectivity index (χ0) is 24.9. The molecular formula is C27H39NO6. The summed E-state index contributed by atoms with van der Waals surface area (Å²) in [4.78, 5) is 16.6. The van der Waals surface area contributed by atoms with Crippen molar-refractivity contribution in [3.05, 3.63) is 23.8 Å². The maximum atomic E-state index is 11.5. The second-order valence-electron chi connectivity index (χ2n) is 8.23. The third-order valence-electron chi connectivity index (χ3n) is 5.85. The lowest BCUT2D eigenvalue weighted by Crippen LogP contribution is -2.08. The van der Waals surface area contributed by atoms with Crippen molar-refractivity contribution < 1.29 is 28.6 Å². The highest BCUT2D eigenvalue weighted by Crippen LogP contribution is 2.46. The summed E-state index contributed by atoms with van der Waals surface area (Å²) < 4.78 is 22.8. The molecule has 0 fully saturated rings. The van der Waals surface area contributed by atoms with Gasteiger partial charge in [0.05, 0.1) is 44.9 Å². The van der Waals surface area contributed by atoms with Crippen LogP contribution < -0.4 is 18.9 Å². The lowest BCUT2D eigenvalue weighted by molar-refractivity contribution is -0.140. The molecule has 0 unspecified atom stereocenters. The summed E-state index contributed by atoms with van der Waals surface area (Å²) in [6.45, 7) is 3.56. The fraction of sp³-hybridized carbons (Fsp3) is 0.556. The summed E-state index contributed by atoms with van der Waals surface area (Å²) >= 11 is 0. The first kappa shape index (κ1) is 27.3. The molecule has 0 radical (unpaired) electrons. The van der Waals surface area contributed by atoms with Crippen molar-refractivity contribution in [3.8, 4) is 23.0 Å². The summed E-state index contributed by atoms with van der Waals surface area (Å²) in [5.41, 5.74) is 1.32. The third kappa shape index (κ3) is 7.02. The van der Waals surface area contributed by atoms with E-state index in [1.54, 1.807) is 28.4 Å². The maximum absolute atomic E-state index is 11.5. The average Bonchev–Trinajstić information content (AvgIpc) is 2.85. The van der Waals surface area contributed by atoms with Gasteiger partial charge in [-0.2, -0.15) is 0 Å². The van der Waals surface area contributed by atoms with Crippen LogP contribution in [-0.4, -0.2) is 40.1 Å². The van der Waals surface area contributed by atoms with Crippen LogP contribution in [0.2, 0.25) is 0 Å². The minimum atomic E-state index is -0.473. The lowest BCUT2D eigenvalue weighted by atomic mass is 9.96. The molecule has 0 aliphatic heterocycles. The molecule has 0 saturated carbocycles. The van der Waals surface area contributed by atoms with Crippen LogP contribution in [0.1, 0.15) is 77.2 Å². The Balaban J connectivity index is 2.44. The van der Waals surface area contributed by atoms with Gasteiger partial charge in [0, 0.05) is 12.5 Å². The van der Waals surface area contributed by atoms with Gasteiger partial charge in [-0.15, -0.1) is 0 Å². The number of oxime groups is 1. The van der Waals surface area contributed by atoms with Gasteiger partial charge < -0.3 is 23.8 Å². The first-order valence-electron chi connectivity index (χ1n) is 12.1. The van der Waals surface area contributed by atoms with E-state index in [0.29, 0.717) is 46.1 Å². The normalized spacial score (nSPS) is 11.4. The summed E-state index contributed by atoms with van der Waals surface area (Å²) in [6.07, 6.45) is 10.2. The van der Waals surface area contributed by atoms with Gasteiger partial charge in [-0.25, -0.2) is 4.79 Å². The maximum Gasteiger partial charge on any atom is 0.331 e. The highest BCUT2D eigenvalue weighted by Gasteiger charge is 2.23. The van der Waals surface area contributed by atoms with Crippen LogP contribution in [0.3, 0.4) is 0 Å². The first-order valence-corrected chi connectivity index (χ1v) is 12.1. The molecule has 0 saturated heterocycles. The second-order valence-corrected chi connectivity index (χ2v) is 8.23. The van der Waals surface area contributed by atoms with Crippen molar-refractivity contribution >= 4 is 22.5 Å². The highest BCUT2D eigenvalue weighted by molar-refractivity contribution is 6.12. The van der Waals surface area contributed by atoms with E-state index in [0.717, 1.165) is 18.2 Å². The Hall–Kier alpha value is -2.96. The number of rotatable bonds is 15. The van der Waals surface area contributed by atoms with Gasteiger partial charge in [0.1, 0.15) is 23.0 Å². The van der Waals surface area contributed by atoms with Crippen LogP contribution in [0.25, 0.3) is 10.8 Å². The van der Waals surface area contributed by atoms with E-state index in [2.05, 4.69) is 12.1 Å². The minimum Gasteiger partial charge on any atom is -0.496 e. The molecule has 0 bridgehead atoms. The molecule has 2 aromatic rings. The molecular weight excluding hydrogens is 434 g/mol. The number of unbranched alkanes of at least 4 members (excludes halogenated alkanes) is 7. The van der Waals surface area contributed by atoms with Crippen LogP contribution >= 0.6 is 0 Å². The number of methoxy groups -OCH3 is 4. The minimum absolute atomic E-state index is 0.473. The summed E-state index contributed by atoms with van der Waals surface area (Å²) in [5, 5.41) is 5.65. The highest BCUT2D eigenvalue weighted by atomic mass is 16.7. The molecule has 0 atom stereocenters. The van der Waals surface area contributed by atoms with Gasteiger partial charge in [0.15, 0.2) is 0 Å². The summed E-state index contributed by atoms with van der Waals surface area (Å²) in [6, 6.07) is 5.52. The van der Waals surface area contributed by atoms with E-state index in [9.17, 15) is 4.79 Å². The third-order valence-corrected chi connectivity index (χ3v) is 5.85. The standard InChI is InChI=1S/C27H39NO6/c1-7-8-9-10-11-12-13-14-15-21(28-34-19(2)29)20-18-24(32-5)25-22(30-3)16-17-23(31-4)26(25)27(20)33-6/h16-18H,7-15H2,1-6H3. The van der Waals surface area contributed by atoms with Gasteiger partial charge in [0.25, 0.3) is 0 Å². The Labute approximate surface area is 203 Å². The van der Waals surface area contributed by atoms with Crippen LogP contribution in [0.5, 0.6) is 23.0 Å². The first-order chi connectivity index (χ1) is 16.5. The number of carbonyl (C=O) groups excluding carboxylic acids is 1. The van der Waals surface area contributed by atoms with Crippen molar-refractivity contribution in [1.29, 1.82) is 0 Å². The van der Waals surface area contributed by atoms with Gasteiger partial charge in [-0.1, -0.05) is 57.0 Å². The molecule has 2 aromatic carbocycles. The fourth-order valence-corrected chi connectivity index (χ4v) is 4.14. The molecule has 7 heteroatoms. The molecule has 2 rings (SSSR count). The summed E-state index contributed by atoms with van der Waals surface area (Å²) in [5.74, 6) is 1.94. The molecule has 0 aromatic heterocycles. The van der Waals surface area contributed by atoms with Gasteiger partial charge in [0.2, 0.25) is 0 Å². The number of ether oxygens (including phenoxy) is 4. The second kappa shape index (κ2) is 14.3. The van der Waals surface area contributed by atoms with E-state index in [-0.39, 0.29) is 0 Å². The Morgan fingerprint density at radius 1 is 0.765 bits per heavy atom. The molecule has 7 nitrogen and oxygen atoms in total. The predicted octanol–water partition coefficient (Wildman–Crippen LogP) is 6.67.